The van der Waals surface area contributed by atoms with Gasteiger partial charge in [0.1, 0.15) is 6.04 Å². The second kappa shape index (κ2) is 7.88. The Balaban J connectivity index is 1.31. The van der Waals surface area contributed by atoms with Gasteiger partial charge in [0.05, 0.1) is 5.54 Å². The highest BCUT2D eigenvalue weighted by molar-refractivity contribution is 6.05. The largest absolute Gasteiger partial charge is 0.322 e. The molecule has 0 aromatic heterocycles. The first kappa shape index (κ1) is 21.5. The van der Waals surface area contributed by atoms with Gasteiger partial charge in [-0.05, 0) is 36.5 Å². The van der Waals surface area contributed by atoms with Crippen LogP contribution in [0.25, 0.3) is 0 Å². The highest BCUT2D eigenvalue weighted by Crippen LogP contribution is 2.46. The van der Waals surface area contributed by atoms with Crippen LogP contribution in [0.1, 0.15) is 60.0 Å². The molecule has 3 amide bonds. The van der Waals surface area contributed by atoms with Crippen LogP contribution in [-0.2, 0) is 22.7 Å². The number of alkyl halides is 2. The Morgan fingerprint density at radius 1 is 1.16 bits per heavy atom. The molecule has 32 heavy (non-hydrogen) atoms. The fourth-order valence-corrected chi connectivity index (χ4v) is 5.73. The van der Waals surface area contributed by atoms with E-state index >= 15 is 8.78 Å². The monoisotopic (exact) mass is 446 g/mol. The van der Waals surface area contributed by atoms with Crippen LogP contribution in [0.5, 0.6) is 0 Å². The number of carbonyl (C=O) groups excluding carboxylic acids is 3. The number of carbonyl (C=O) groups is 3. The molecular weight excluding hydrogens is 418 g/mol. The lowest BCUT2D eigenvalue weighted by Gasteiger charge is -2.47. The summed E-state index contributed by atoms with van der Waals surface area (Å²) in [5.41, 5.74) is 0.873. The van der Waals surface area contributed by atoms with Gasteiger partial charge < -0.3 is 15.5 Å². The van der Waals surface area contributed by atoms with Crippen molar-refractivity contribution in [3.05, 3.63) is 34.9 Å². The van der Waals surface area contributed by atoms with Gasteiger partial charge >= 0.3 is 0 Å². The number of rotatable bonds is 4. The van der Waals surface area contributed by atoms with E-state index in [0.717, 1.165) is 24.0 Å². The van der Waals surface area contributed by atoms with Crippen molar-refractivity contribution in [1.82, 2.24) is 20.9 Å². The van der Waals surface area contributed by atoms with Gasteiger partial charge in [-0.15, -0.1) is 0 Å². The van der Waals surface area contributed by atoms with Gasteiger partial charge in [0.15, 0.2) is 0 Å². The molecule has 1 aliphatic carbocycles. The van der Waals surface area contributed by atoms with Crippen LogP contribution in [-0.4, -0.2) is 53.2 Å². The topological polar surface area (TPSA) is 90.5 Å². The average molecular weight is 446 g/mol. The summed E-state index contributed by atoms with van der Waals surface area (Å²) in [6.45, 7) is 1.15. The molecular formula is C23H28F2N4O3. The summed E-state index contributed by atoms with van der Waals surface area (Å²) in [6.07, 6.45) is 3.08. The second-order valence-electron chi connectivity index (χ2n) is 9.52. The fourth-order valence-electron chi connectivity index (χ4n) is 5.73. The molecule has 9 heteroatoms. The van der Waals surface area contributed by atoms with Crippen LogP contribution in [0.4, 0.5) is 8.78 Å². The zero-order valence-corrected chi connectivity index (χ0v) is 17.9. The summed E-state index contributed by atoms with van der Waals surface area (Å²) in [4.78, 5) is 38.0. The van der Waals surface area contributed by atoms with Gasteiger partial charge in [-0.2, -0.15) is 0 Å². The van der Waals surface area contributed by atoms with E-state index in [0.29, 0.717) is 31.4 Å². The number of hydrogen-bond donors (Lipinski definition) is 3. The molecule has 1 aromatic carbocycles. The summed E-state index contributed by atoms with van der Waals surface area (Å²) in [5.74, 6) is -4.42. The smallest absolute Gasteiger partial charge is 0.271 e. The molecule has 3 fully saturated rings. The van der Waals surface area contributed by atoms with Crippen molar-refractivity contribution in [3.8, 4) is 0 Å². The summed E-state index contributed by atoms with van der Waals surface area (Å²) in [5, 5.41) is 8.69. The number of fused-ring (bicyclic) bond motifs is 3. The maximum atomic E-state index is 15.3. The molecule has 3 unspecified atom stereocenters. The standard InChI is InChI=1S/C23H28F2N4O3/c24-23(25)16-3-1-2-8-22(23,13-26-11-16)27-10-14-4-5-17-15(9-14)12-29(21(17)32)18-6-7-19(30)28-20(18)31/h4-5,9,16,18,26-27H,1-3,6-8,10-13H2,(H,28,30,31). The first-order chi connectivity index (χ1) is 15.3. The fraction of sp³-hybridized carbons (Fsp3) is 0.609. The van der Waals surface area contributed by atoms with Gasteiger partial charge in [0.25, 0.3) is 11.8 Å². The van der Waals surface area contributed by atoms with E-state index < -0.39 is 29.3 Å². The van der Waals surface area contributed by atoms with E-state index in [-0.39, 0.29) is 37.9 Å². The Labute approximate surface area is 185 Å². The minimum atomic E-state index is -2.77. The van der Waals surface area contributed by atoms with Crippen molar-refractivity contribution in [1.29, 1.82) is 0 Å². The van der Waals surface area contributed by atoms with Crippen molar-refractivity contribution in [2.45, 2.75) is 69.1 Å². The molecule has 4 aliphatic rings. The summed E-state index contributed by atoms with van der Waals surface area (Å²) < 4.78 is 30.6. The number of halogens is 2. The van der Waals surface area contributed by atoms with Crippen LogP contribution < -0.4 is 16.0 Å². The van der Waals surface area contributed by atoms with E-state index in [9.17, 15) is 14.4 Å². The van der Waals surface area contributed by atoms with E-state index in [1.165, 1.54) is 4.90 Å². The molecule has 3 heterocycles. The first-order valence-corrected chi connectivity index (χ1v) is 11.4. The summed E-state index contributed by atoms with van der Waals surface area (Å²) >= 11 is 0. The Bertz CT molecular complexity index is 969. The van der Waals surface area contributed by atoms with Gasteiger partial charge in [-0.3, -0.25) is 19.7 Å². The zero-order valence-electron chi connectivity index (χ0n) is 17.9. The van der Waals surface area contributed by atoms with Crippen LogP contribution >= 0.6 is 0 Å². The van der Waals surface area contributed by atoms with Crippen LogP contribution in [0.15, 0.2) is 18.2 Å². The number of imide groups is 1. The SMILES string of the molecule is O=C1CCC(N2Cc3cc(CNC45CCCCC(CNC4)C5(F)F)ccc3C2=O)C(=O)N1. The van der Waals surface area contributed by atoms with Gasteiger partial charge in [-0.1, -0.05) is 25.0 Å². The number of piperidine rings is 2. The van der Waals surface area contributed by atoms with Crippen LogP contribution in [0, 0.1) is 5.92 Å². The van der Waals surface area contributed by atoms with Crippen molar-refractivity contribution >= 4 is 17.7 Å². The van der Waals surface area contributed by atoms with Gasteiger partial charge in [-0.25, -0.2) is 8.78 Å². The lowest BCUT2D eigenvalue weighted by Crippen LogP contribution is -2.70. The molecule has 2 saturated heterocycles. The Morgan fingerprint density at radius 3 is 2.81 bits per heavy atom. The Morgan fingerprint density at radius 2 is 2.00 bits per heavy atom. The lowest BCUT2D eigenvalue weighted by molar-refractivity contribution is -0.148. The molecule has 1 saturated carbocycles. The lowest BCUT2D eigenvalue weighted by atomic mass is 9.78. The van der Waals surface area contributed by atoms with E-state index in [1.807, 2.05) is 6.07 Å². The maximum absolute atomic E-state index is 15.3. The molecule has 5 rings (SSSR count). The van der Waals surface area contributed by atoms with Crippen LogP contribution in [0.3, 0.4) is 0 Å². The second-order valence-corrected chi connectivity index (χ2v) is 9.52. The Hall–Kier alpha value is -2.39. The number of hydrogen-bond acceptors (Lipinski definition) is 5. The third-order valence-corrected chi connectivity index (χ3v) is 7.59. The van der Waals surface area contributed by atoms with Gasteiger partial charge in [0.2, 0.25) is 11.8 Å². The maximum Gasteiger partial charge on any atom is 0.271 e. The number of amides is 3. The Kier molecular flexibility index (Phi) is 5.28. The normalized spacial score (nSPS) is 31.8. The summed E-state index contributed by atoms with van der Waals surface area (Å²) in [7, 11) is 0. The molecule has 2 bridgehead atoms. The number of nitrogens with one attached hydrogen (secondary N) is 3. The molecule has 3 aliphatic heterocycles. The first-order valence-electron chi connectivity index (χ1n) is 11.4. The third-order valence-electron chi connectivity index (χ3n) is 7.59. The molecule has 0 spiro atoms. The van der Waals surface area contributed by atoms with Crippen molar-refractivity contribution in [2.24, 2.45) is 5.92 Å². The number of benzene rings is 1. The molecule has 0 radical (unpaired) electrons. The molecule has 3 N–H and O–H groups in total. The zero-order chi connectivity index (χ0) is 22.5. The van der Waals surface area contributed by atoms with E-state index in [1.54, 1.807) is 12.1 Å². The van der Waals surface area contributed by atoms with Gasteiger partial charge in [0, 0.05) is 44.1 Å². The number of nitrogens with zero attached hydrogens (tertiary/aromatic N) is 1. The van der Waals surface area contributed by atoms with E-state index in [4.69, 9.17) is 0 Å². The van der Waals surface area contributed by atoms with Crippen LogP contribution in [0.2, 0.25) is 0 Å². The molecule has 7 nitrogen and oxygen atoms in total. The predicted molar refractivity (Wildman–Crippen MR) is 112 cm³/mol. The van der Waals surface area contributed by atoms with Crippen molar-refractivity contribution in [3.63, 3.8) is 0 Å². The minimum absolute atomic E-state index is 0.205. The molecule has 3 atom stereocenters. The minimum Gasteiger partial charge on any atom is -0.322 e. The predicted octanol–water partition coefficient (Wildman–Crippen LogP) is 1.70. The van der Waals surface area contributed by atoms with Crippen molar-refractivity contribution < 1.29 is 23.2 Å². The molecule has 172 valence electrons. The quantitative estimate of drug-likeness (QED) is 0.613. The van der Waals surface area contributed by atoms with E-state index in [2.05, 4.69) is 16.0 Å². The average Bonchev–Trinajstić information content (AvgIpc) is 3.07. The third kappa shape index (κ3) is 3.42. The molecule has 1 aromatic rings. The van der Waals surface area contributed by atoms with Crippen molar-refractivity contribution in [2.75, 3.05) is 13.1 Å². The highest BCUT2D eigenvalue weighted by atomic mass is 19.3. The highest BCUT2D eigenvalue weighted by Gasteiger charge is 2.60. The summed E-state index contributed by atoms with van der Waals surface area (Å²) in [6, 6.07) is 4.70.